The molecule has 32 valence electrons. The highest BCUT2D eigenvalue weighted by molar-refractivity contribution is 5.68. The van der Waals surface area contributed by atoms with Gasteiger partial charge in [0.15, 0.2) is 0 Å². The maximum absolute atomic E-state index is 3.94. The molecule has 1 heteroatoms. The minimum absolute atomic E-state index is 1.01. The summed E-state index contributed by atoms with van der Waals surface area (Å²) in [5, 5.41) is 0. The van der Waals surface area contributed by atoms with Gasteiger partial charge in [-0.1, -0.05) is 0 Å². The topological polar surface area (TPSA) is 12.4 Å². The number of rotatable bonds is 0. The van der Waals surface area contributed by atoms with E-state index in [0.717, 1.165) is 13.0 Å². The fourth-order valence-corrected chi connectivity index (χ4v) is 0.466. The molecule has 1 aliphatic heterocycles. The molecule has 0 fully saturated rings. The fourth-order valence-electron chi connectivity index (χ4n) is 0.466. The van der Waals surface area contributed by atoms with E-state index in [-0.39, 0.29) is 0 Å². The van der Waals surface area contributed by atoms with Crippen LogP contribution in [0.1, 0.15) is 12.8 Å². The van der Waals surface area contributed by atoms with Crippen LogP contribution in [-0.2, 0) is 0 Å². The second kappa shape index (κ2) is 1.96. The predicted molar refractivity (Wildman–Crippen MR) is 25.8 cm³/mol. The molecule has 0 saturated heterocycles. The molecule has 0 N–H and O–H groups in total. The van der Waals surface area contributed by atoms with Gasteiger partial charge in [0.05, 0.1) is 0 Å². The van der Waals surface area contributed by atoms with E-state index in [1.165, 1.54) is 6.42 Å². The molecule has 1 nitrogen and oxygen atoms in total. The highest BCUT2D eigenvalue weighted by Gasteiger charge is 1.89. The smallest absolute Gasteiger partial charge is 0.0385 e. The molecule has 1 aliphatic rings. The van der Waals surface area contributed by atoms with Crippen molar-refractivity contribution in [3.63, 3.8) is 0 Å². The zero-order chi connectivity index (χ0) is 4.24. The van der Waals surface area contributed by atoms with Crippen LogP contribution >= 0.6 is 0 Å². The Morgan fingerprint density at radius 2 is 2.67 bits per heavy atom. The maximum Gasteiger partial charge on any atom is 0.0385 e. The molecule has 1 heterocycles. The fraction of sp³-hybridized carbons (Fsp3) is 0.600. The summed E-state index contributed by atoms with van der Waals surface area (Å²) >= 11 is 0. The van der Waals surface area contributed by atoms with Crippen molar-refractivity contribution < 1.29 is 0 Å². The van der Waals surface area contributed by atoms with Crippen molar-refractivity contribution in [3.05, 3.63) is 6.42 Å². The molecule has 0 bridgehead atoms. The minimum Gasteiger partial charge on any atom is -0.297 e. The number of hydrogen-bond donors (Lipinski definition) is 0. The molecule has 0 unspecified atom stereocenters. The van der Waals surface area contributed by atoms with Gasteiger partial charge in [0.2, 0.25) is 0 Å². The van der Waals surface area contributed by atoms with Gasteiger partial charge in [-0.05, 0) is 12.8 Å². The molecular formula is C5H7N. The molecule has 2 radical (unpaired) electrons. The summed E-state index contributed by atoms with van der Waals surface area (Å²) in [6.07, 6.45) is 7.05. The molecule has 0 aromatic rings. The van der Waals surface area contributed by atoms with Crippen LogP contribution in [0.25, 0.3) is 0 Å². The highest BCUT2D eigenvalue weighted by Crippen LogP contribution is 1.96. The van der Waals surface area contributed by atoms with Crippen molar-refractivity contribution >= 4 is 6.21 Å². The van der Waals surface area contributed by atoms with Crippen LogP contribution in [0.4, 0.5) is 0 Å². The third kappa shape index (κ3) is 0.814. The van der Waals surface area contributed by atoms with E-state index in [9.17, 15) is 0 Å². The monoisotopic (exact) mass is 81.1 g/mol. The van der Waals surface area contributed by atoms with Crippen molar-refractivity contribution in [1.29, 1.82) is 0 Å². The summed E-state index contributed by atoms with van der Waals surface area (Å²) in [4.78, 5) is 3.94. The summed E-state index contributed by atoms with van der Waals surface area (Å²) in [5.74, 6) is 0. The van der Waals surface area contributed by atoms with Crippen molar-refractivity contribution in [2.45, 2.75) is 12.8 Å². The molecule has 0 aliphatic carbocycles. The largest absolute Gasteiger partial charge is 0.297 e. The van der Waals surface area contributed by atoms with Gasteiger partial charge in [-0.2, -0.15) is 0 Å². The molecule has 0 saturated carbocycles. The van der Waals surface area contributed by atoms with E-state index >= 15 is 0 Å². The molecule has 1 rings (SSSR count). The zero-order valence-corrected chi connectivity index (χ0v) is 3.65. The van der Waals surface area contributed by atoms with Crippen LogP contribution in [-0.4, -0.2) is 12.8 Å². The second-order valence-corrected chi connectivity index (χ2v) is 1.34. The Balaban J connectivity index is 2.26. The third-order valence-corrected chi connectivity index (χ3v) is 0.791. The Bertz CT molecular complexity index is 49.0. The summed E-state index contributed by atoms with van der Waals surface area (Å²) in [5.41, 5.74) is 0. The lowest BCUT2D eigenvalue weighted by Gasteiger charge is -1.96. The lowest BCUT2D eigenvalue weighted by atomic mass is 10.2. The SMILES string of the molecule is [C]1C=NCCC1. The van der Waals surface area contributed by atoms with Gasteiger partial charge in [0.1, 0.15) is 0 Å². The van der Waals surface area contributed by atoms with Gasteiger partial charge in [-0.3, -0.25) is 4.99 Å². The van der Waals surface area contributed by atoms with Crippen molar-refractivity contribution in [3.8, 4) is 0 Å². The zero-order valence-electron chi connectivity index (χ0n) is 3.65. The summed E-state index contributed by atoms with van der Waals surface area (Å²) in [6, 6.07) is 0. The van der Waals surface area contributed by atoms with Crippen LogP contribution in [0.3, 0.4) is 0 Å². The van der Waals surface area contributed by atoms with Crippen LogP contribution in [0, 0.1) is 6.42 Å². The normalized spacial score (nSPS) is 21.3. The van der Waals surface area contributed by atoms with Gasteiger partial charge in [0.25, 0.3) is 0 Å². The average Bonchev–Trinajstić information content (AvgIpc) is 1.72. The Morgan fingerprint density at radius 1 is 1.67 bits per heavy atom. The van der Waals surface area contributed by atoms with Gasteiger partial charge in [-0.15, -0.1) is 0 Å². The van der Waals surface area contributed by atoms with E-state index in [2.05, 4.69) is 11.4 Å². The lowest BCUT2D eigenvalue weighted by molar-refractivity contribution is 0.820. The summed E-state index contributed by atoms with van der Waals surface area (Å²) in [6.45, 7) is 1.01. The van der Waals surface area contributed by atoms with Gasteiger partial charge < -0.3 is 0 Å². The van der Waals surface area contributed by atoms with E-state index in [4.69, 9.17) is 0 Å². The highest BCUT2D eigenvalue weighted by atomic mass is 14.7. The Hall–Kier alpha value is -0.330. The molecule has 0 amide bonds. The Labute approximate surface area is 38.1 Å². The molecular weight excluding hydrogens is 74.1 g/mol. The number of nitrogens with zero attached hydrogens (tertiary/aromatic N) is 1. The van der Waals surface area contributed by atoms with Gasteiger partial charge in [-0.25, -0.2) is 0 Å². The van der Waals surface area contributed by atoms with E-state index < -0.39 is 0 Å². The quantitative estimate of drug-likeness (QED) is 0.411. The Kier molecular flexibility index (Phi) is 1.25. The average molecular weight is 81.1 g/mol. The van der Waals surface area contributed by atoms with E-state index in [1.807, 2.05) is 0 Å². The van der Waals surface area contributed by atoms with Gasteiger partial charge >= 0.3 is 0 Å². The van der Waals surface area contributed by atoms with E-state index in [0.29, 0.717) is 0 Å². The van der Waals surface area contributed by atoms with Crippen LogP contribution in [0.15, 0.2) is 4.99 Å². The lowest BCUT2D eigenvalue weighted by Crippen LogP contribution is -1.90. The van der Waals surface area contributed by atoms with Crippen LogP contribution < -0.4 is 0 Å². The standard InChI is InChI=1S/C5H7N/c1-2-4-6-5-3-1/h5H,1-2,4H2. The first kappa shape index (κ1) is 3.85. The first-order valence-electron chi connectivity index (χ1n) is 2.22. The van der Waals surface area contributed by atoms with Crippen molar-refractivity contribution in [1.82, 2.24) is 0 Å². The molecule has 0 atom stereocenters. The summed E-state index contributed by atoms with van der Waals surface area (Å²) in [7, 11) is 0. The maximum atomic E-state index is 3.94. The third-order valence-electron chi connectivity index (χ3n) is 0.791. The summed E-state index contributed by atoms with van der Waals surface area (Å²) < 4.78 is 0. The van der Waals surface area contributed by atoms with Crippen LogP contribution in [0.2, 0.25) is 0 Å². The molecule has 6 heavy (non-hydrogen) atoms. The van der Waals surface area contributed by atoms with Gasteiger partial charge in [0, 0.05) is 19.2 Å². The van der Waals surface area contributed by atoms with Crippen molar-refractivity contribution in [2.24, 2.45) is 4.99 Å². The van der Waals surface area contributed by atoms with E-state index in [1.54, 1.807) is 6.21 Å². The first-order valence-corrected chi connectivity index (χ1v) is 2.22. The minimum atomic E-state index is 1.01. The second-order valence-electron chi connectivity index (χ2n) is 1.34. The first-order chi connectivity index (χ1) is 3.00. The molecule has 0 aromatic heterocycles. The number of hydrogen-bond acceptors (Lipinski definition) is 1. The van der Waals surface area contributed by atoms with Crippen LogP contribution in [0.5, 0.6) is 0 Å². The molecule has 0 aromatic carbocycles. The Morgan fingerprint density at radius 3 is 2.83 bits per heavy atom. The van der Waals surface area contributed by atoms with Crippen molar-refractivity contribution in [2.75, 3.05) is 6.54 Å². The molecule has 0 spiro atoms. The predicted octanol–water partition coefficient (Wildman–Crippen LogP) is 0.932. The number of aliphatic imine (C=N–C) groups is 1.